The van der Waals surface area contributed by atoms with Gasteiger partial charge in [0.1, 0.15) is 12.4 Å². The highest BCUT2D eigenvalue weighted by molar-refractivity contribution is 9.10. The summed E-state index contributed by atoms with van der Waals surface area (Å²) in [4.78, 5) is 4.27. The number of oxime groups is 1. The monoisotopic (exact) mass is 349 g/mol. The van der Waals surface area contributed by atoms with Gasteiger partial charge in [-0.05, 0) is 65.2 Å². The van der Waals surface area contributed by atoms with Crippen LogP contribution < -0.4 is 10.5 Å². The summed E-state index contributed by atoms with van der Waals surface area (Å²) < 4.78 is 6.77. The number of rotatable bonds is 4. The molecule has 0 radical (unpaired) electrons. The first-order chi connectivity index (χ1) is 10.0. The zero-order valence-corrected chi connectivity index (χ0v) is 13.4. The van der Waals surface area contributed by atoms with E-state index < -0.39 is 0 Å². The van der Waals surface area contributed by atoms with E-state index in [0.717, 1.165) is 27.0 Å². The van der Waals surface area contributed by atoms with Gasteiger partial charge in [0.05, 0.1) is 5.69 Å². The van der Waals surface area contributed by atoms with Gasteiger partial charge in [0.2, 0.25) is 0 Å². The predicted molar refractivity (Wildman–Crippen MR) is 84.7 cm³/mol. The van der Waals surface area contributed by atoms with Crippen LogP contribution in [0.25, 0.3) is 0 Å². The van der Waals surface area contributed by atoms with Crippen LogP contribution in [0.5, 0.6) is 5.75 Å². The molecule has 0 atom stereocenters. The van der Waals surface area contributed by atoms with Gasteiger partial charge in [0.25, 0.3) is 0 Å². The van der Waals surface area contributed by atoms with Gasteiger partial charge in [-0.25, -0.2) is 0 Å². The quantitative estimate of drug-likeness (QED) is 0.384. The highest BCUT2D eigenvalue weighted by Gasteiger charge is 2.09. The van der Waals surface area contributed by atoms with Gasteiger partial charge in [-0.15, -0.1) is 0 Å². The van der Waals surface area contributed by atoms with Gasteiger partial charge >= 0.3 is 0 Å². The molecule has 3 N–H and O–H groups in total. The average Bonchev–Trinajstić information content (AvgIpc) is 2.47. The Hall–Kier alpha value is -2.08. The number of halogens is 1. The van der Waals surface area contributed by atoms with Gasteiger partial charge in [0.15, 0.2) is 5.84 Å². The number of pyridine rings is 1. The molecular weight excluding hydrogens is 334 g/mol. The van der Waals surface area contributed by atoms with E-state index in [1.807, 2.05) is 38.1 Å². The van der Waals surface area contributed by atoms with Crippen LogP contribution in [0.1, 0.15) is 22.4 Å². The number of amidine groups is 1. The number of hydrogen-bond donors (Lipinski definition) is 2. The molecule has 0 aliphatic carbocycles. The van der Waals surface area contributed by atoms with Crippen LogP contribution in [-0.2, 0) is 6.61 Å². The minimum absolute atomic E-state index is 0.0855. The molecule has 0 amide bonds. The molecule has 0 aliphatic rings. The summed E-state index contributed by atoms with van der Waals surface area (Å²) in [6.45, 7) is 4.23. The molecule has 0 saturated heterocycles. The SMILES string of the molecule is Cc1cc(/C(N)=N/O)cc(C)c1OCc1ccc(Br)cn1. The summed E-state index contributed by atoms with van der Waals surface area (Å²) in [5.41, 5.74) is 8.97. The first-order valence-corrected chi connectivity index (χ1v) is 7.13. The molecule has 1 aromatic carbocycles. The third-order valence-corrected chi connectivity index (χ3v) is 3.49. The van der Waals surface area contributed by atoms with E-state index in [1.165, 1.54) is 0 Å². The molecule has 0 aliphatic heterocycles. The lowest BCUT2D eigenvalue weighted by molar-refractivity contribution is 0.297. The van der Waals surface area contributed by atoms with Crippen LogP contribution in [-0.4, -0.2) is 16.0 Å². The van der Waals surface area contributed by atoms with Crippen LogP contribution in [0.2, 0.25) is 0 Å². The second-order valence-corrected chi connectivity index (χ2v) is 5.60. The number of aryl methyl sites for hydroxylation is 2. The Morgan fingerprint density at radius 1 is 1.33 bits per heavy atom. The summed E-state index contributed by atoms with van der Waals surface area (Å²) in [5, 5.41) is 11.7. The maximum Gasteiger partial charge on any atom is 0.170 e. The number of benzene rings is 1. The summed E-state index contributed by atoms with van der Waals surface area (Å²) >= 11 is 3.35. The lowest BCUT2D eigenvalue weighted by Crippen LogP contribution is -2.14. The van der Waals surface area contributed by atoms with E-state index >= 15 is 0 Å². The number of ether oxygens (including phenoxy) is 1. The Kier molecular flexibility index (Phi) is 4.80. The zero-order valence-electron chi connectivity index (χ0n) is 11.8. The molecule has 1 aromatic heterocycles. The van der Waals surface area contributed by atoms with Crippen molar-refractivity contribution in [2.75, 3.05) is 0 Å². The Balaban J connectivity index is 2.19. The van der Waals surface area contributed by atoms with Crippen LogP contribution in [0, 0.1) is 13.8 Å². The molecular formula is C15H16BrN3O2. The highest BCUT2D eigenvalue weighted by Crippen LogP contribution is 2.25. The number of nitrogens with two attached hydrogens (primary N) is 1. The van der Waals surface area contributed by atoms with Crippen molar-refractivity contribution in [3.05, 3.63) is 57.3 Å². The van der Waals surface area contributed by atoms with Crippen LogP contribution in [0.3, 0.4) is 0 Å². The lowest BCUT2D eigenvalue weighted by Gasteiger charge is -2.13. The van der Waals surface area contributed by atoms with Gasteiger partial charge in [-0.3, -0.25) is 4.98 Å². The molecule has 5 nitrogen and oxygen atoms in total. The van der Waals surface area contributed by atoms with Crippen molar-refractivity contribution in [3.8, 4) is 5.75 Å². The Labute approximate surface area is 131 Å². The van der Waals surface area contributed by atoms with Crippen LogP contribution >= 0.6 is 15.9 Å². The van der Waals surface area contributed by atoms with E-state index in [-0.39, 0.29) is 5.84 Å². The third kappa shape index (κ3) is 3.72. The average molecular weight is 350 g/mol. The molecule has 2 aromatic rings. The van der Waals surface area contributed by atoms with E-state index in [0.29, 0.717) is 12.2 Å². The van der Waals surface area contributed by atoms with Crippen molar-refractivity contribution in [2.45, 2.75) is 20.5 Å². The smallest absolute Gasteiger partial charge is 0.170 e. The first kappa shape index (κ1) is 15.3. The summed E-state index contributed by atoms with van der Waals surface area (Å²) in [7, 11) is 0. The van der Waals surface area contributed by atoms with E-state index in [9.17, 15) is 0 Å². The molecule has 0 fully saturated rings. The van der Waals surface area contributed by atoms with Gasteiger partial charge in [0, 0.05) is 16.2 Å². The van der Waals surface area contributed by atoms with Crippen molar-refractivity contribution < 1.29 is 9.94 Å². The summed E-state index contributed by atoms with van der Waals surface area (Å²) in [6.07, 6.45) is 1.74. The maximum atomic E-state index is 8.73. The molecule has 0 saturated carbocycles. The fraction of sp³-hybridized carbons (Fsp3) is 0.200. The normalized spacial score (nSPS) is 11.5. The fourth-order valence-corrected chi connectivity index (χ4v) is 2.26. The summed E-state index contributed by atoms with van der Waals surface area (Å²) in [6, 6.07) is 7.48. The van der Waals surface area contributed by atoms with Gasteiger partial charge < -0.3 is 15.7 Å². The fourth-order valence-electron chi connectivity index (χ4n) is 2.02. The highest BCUT2D eigenvalue weighted by atomic mass is 79.9. The number of aromatic nitrogens is 1. The Morgan fingerprint density at radius 3 is 2.52 bits per heavy atom. The second kappa shape index (κ2) is 6.58. The molecule has 21 heavy (non-hydrogen) atoms. The second-order valence-electron chi connectivity index (χ2n) is 4.68. The van der Waals surface area contributed by atoms with E-state index in [1.54, 1.807) is 6.20 Å². The van der Waals surface area contributed by atoms with E-state index in [2.05, 4.69) is 26.1 Å². The Bertz CT molecular complexity index is 646. The predicted octanol–water partition coefficient (Wildman–Crippen LogP) is 3.13. The van der Waals surface area contributed by atoms with Crippen molar-refractivity contribution in [2.24, 2.45) is 10.9 Å². The number of hydrogen-bond acceptors (Lipinski definition) is 4. The van der Waals surface area contributed by atoms with Gasteiger partial charge in [-0.2, -0.15) is 0 Å². The van der Waals surface area contributed by atoms with Gasteiger partial charge in [-0.1, -0.05) is 5.16 Å². The standard InChI is InChI=1S/C15H16BrN3O2/c1-9-5-11(15(17)19-20)6-10(2)14(9)21-8-13-4-3-12(16)7-18-13/h3-7,20H,8H2,1-2H3,(H2,17,19). The largest absolute Gasteiger partial charge is 0.487 e. The van der Waals surface area contributed by atoms with Crippen molar-refractivity contribution in [1.29, 1.82) is 0 Å². The zero-order chi connectivity index (χ0) is 15.4. The van der Waals surface area contributed by atoms with Crippen molar-refractivity contribution in [3.63, 3.8) is 0 Å². The molecule has 6 heteroatoms. The molecule has 0 spiro atoms. The van der Waals surface area contributed by atoms with Crippen LogP contribution in [0.15, 0.2) is 40.1 Å². The molecule has 0 bridgehead atoms. The lowest BCUT2D eigenvalue weighted by atomic mass is 10.1. The first-order valence-electron chi connectivity index (χ1n) is 6.33. The molecule has 0 unspecified atom stereocenters. The Morgan fingerprint density at radius 2 is 2.00 bits per heavy atom. The third-order valence-electron chi connectivity index (χ3n) is 3.02. The summed E-state index contributed by atoms with van der Waals surface area (Å²) in [5.74, 6) is 0.872. The molecule has 1 heterocycles. The number of nitrogens with zero attached hydrogens (tertiary/aromatic N) is 2. The van der Waals surface area contributed by atoms with Crippen molar-refractivity contribution >= 4 is 21.8 Å². The minimum Gasteiger partial charge on any atom is -0.487 e. The maximum absolute atomic E-state index is 8.73. The molecule has 110 valence electrons. The van der Waals surface area contributed by atoms with Crippen molar-refractivity contribution in [1.82, 2.24) is 4.98 Å². The van der Waals surface area contributed by atoms with E-state index in [4.69, 9.17) is 15.7 Å². The topological polar surface area (TPSA) is 80.7 Å². The molecule has 2 rings (SSSR count). The van der Waals surface area contributed by atoms with Crippen LogP contribution in [0.4, 0.5) is 0 Å². The minimum atomic E-state index is 0.0855.